The van der Waals surface area contributed by atoms with Gasteiger partial charge in [0.05, 0.1) is 6.61 Å². The smallest absolute Gasteiger partial charge is 0.305 e. The molecule has 4 heteroatoms. The van der Waals surface area contributed by atoms with Crippen molar-refractivity contribution in [3.63, 3.8) is 0 Å². The lowest BCUT2D eigenvalue weighted by Gasteiger charge is -2.07. The van der Waals surface area contributed by atoms with Gasteiger partial charge in [-0.15, -0.1) is 0 Å². The fourth-order valence-electron chi connectivity index (χ4n) is 5.75. The van der Waals surface area contributed by atoms with E-state index in [1.807, 2.05) is 0 Å². The lowest BCUT2D eigenvalue weighted by Crippen LogP contribution is -2.24. The molecule has 0 heterocycles. The van der Waals surface area contributed by atoms with Crippen molar-refractivity contribution in [1.29, 1.82) is 0 Å². The highest BCUT2D eigenvalue weighted by atomic mass is 16.5. The van der Waals surface area contributed by atoms with Crippen molar-refractivity contribution in [2.45, 2.75) is 219 Å². The van der Waals surface area contributed by atoms with Crippen molar-refractivity contribution in [3.8, 4) is 0 Å². The normalized spacial score (nSPS) is 11.2. The van der Waals surface area contributed by atoms with Crippen molar-refractivity contribution in [3.05, 3.63) is 0 Å². The Hall–Kier alpha value is -1.06. The molecule has 0 aliphatic heterocycles. The number of amides is 1. The van der Waals surface area contributed by atoms with E-state index in [1.165, 1.54) is 161 Å². The van der Waals surface area contributed by atoms with Crippen LogP contribution in [0.15, 0.2) is 0 Å². The molecule has 0 aromatic rings. The number of rotatable bonds is 35. The zero-order valence-electron chi connectivity index (χ0n) is 28.8. The van der Waals surface area contributed by atoms with Crippen molar-refractivity contribution in [2.24, 2.45) is 0 Å². The molecule has 0 atom stereocenters. The second-order valence-electron chi connectivity index (χ2n) is 13.0. The zero-order chi connectivity index (χ0) is 30.6. The molecule has 4 nitrogen and oxygen atoms in total. The van der Waals surface area contributed by atoms with Crippen molar-refractivity contribution in [2.75, 3.05) is 13.2 Å². The first-order valence-electron chi connectivity index (χ1n) is 19.1. The van der Waals surface area contributed by atoms with Crippen LogP contribution in [-0.2, 0) is 14.3 Å². The number of esters is 1. The van der Waals surface area contributed by atoms with E-state index < -0.39 is 0 Å². The third-order valence-corrected chi connectivity index (χ3v) is 8.65. The Balaban J connectivity index is 3.25. The highest BCUT2D eigenvalue weighted by Crippen LogP contribution is 2.15. The summed E-state index contributed by atoms with van der Waals surface area (Å²) in [7, 11) is 0. The van der Waals surface area contributed by atoms with E-state index in [-0.39, 0.29) is 11.9 Å². The maximum absolute atomic E-state index is 12.0. The third kappa shape index (κ3) is 35.1. The molecule has 0 spiro atoms. The minimum absolute atomic E-state index is 0.0599. The topological polar surface area (TPSA) is 55.4 Å². The van der Waals surface area contributed by atoms with E-state index in [1.54, 1.807) is 0 Å². The van der Waals surface area contributed by atoms with Gasteiger partial charge in [0.1, 0.15) is 0 Å². The van der Waals surface area contributed by atoms with Crippen LogP contribution in [0.25, 0.3) is 0 Å². The molecule has 250 valence electrons. The fraction of sp³-hybridized carbons (Fsp3) is 0.947. The van der Waals surface area contributed by atoms with Crippen LogP contribution in [-0.4, -0.2) is 25.0 Å². The van der Waals surface area contributed by atoms with Gasteiger partial charge in [-0.25, -0.2) is 0 Å². The first-order chi connectivity index (χ1) is 20.7. The molecule has 1 N–H and O–H groups in total. The Morgan fingerprint density at radius 2 is 0.738 bits per heavy atom. The zero-order valence-corrected chi connectivity index (χ0v) is 28.8. The van der Waals surface area contributed by atoms with Crippen LogP contribution in [0.5, 0.6) is 0 Å². The number of ether oxygens (including phenoxy) is 1. The minimum Gasteiger partial charge on any atom is -0.466 e. The van der Waals surface area contributed by atoms with Crippen LogP contribution in [0, 0.1) is 0 Å². The molecule has 0 rings (SSSR count). The lowest BCUT2D eigenvalue weighted by atomic mass is 10.0. The molecular weight excluding hydrogens is 518 g/mol. The molecule has 0 aliphatic rings. The molecule has 0 bridgehead atoms. The number of carbonyl (C=O) groups excluding carboxylic acids is 2. The van der Waals surface area contributed by atoms with Crippen molar-refractivity contribution in [1.82, 2.24) is 5.32 Å². The van der Waals surface area contributed by atoms with Crippen LogP contribution in [0.3, 0.4) is 0 Å². The van der Waals surface area contributed by atoms with Crippen LogP contribution in [0.4, 0.5) is 0 Å². The van der Waals surface area contributed by atoms with Crippen molar-refractivity contribution >= 4 is 11.9 Å². The molecule has 0 aromatic carbocycles. The Morgan fingerprint density at radius 1 is 0.405 bits per heavy atom. The quantitative estimate of drug-likeness (QED) is 0.0587. The largest absolute Gasteiger partial charge is 0.466 e. The number of carbonyl (C=O) groups is 2. The summed E-state index contributed by atoms with van der Waals surface area (Å²) in [4.78, 5) is 23.9. The van der Waals surface area contributed by atoms with Crippen LogP contribution < -0.4 is 5.32 Å². The fourth-order valence-corrected chi connectivity index (χ4v) is 5.75. The molecule has 0 aliphatic carbocycles. The van der Waals surface area contributed by atoms with Gasteiger partial charge in [0.25, 0.3) is 0 Å². The molecule has 0 radical (unpaired) electrons. The summed E-state index contributed by atoms with van der Waals surface area (Å²) in [6.07, 6.45) is 40.2. The number of unbranched alkanes of at least 4 members (excludes halogenated alkanes) is 27. The maximum Gasteiger partial charge on any atom is 0.305 e. The number of hydrogen-bond acceptors (Lipinski definition) is 3. The molecule has 42 heavy (non-hydrogen) atoms. The Morgan fingerprint density at radius 3 is 1.12 bits per heavy atom. The van der Waals surface area contributed by atoms with E-state index in [9.17, 15) is 9.59 Å². The van der Waals surface area contributed by atoms with Crippen LogP contribution in [0.1, 0.15) is 219 Å². The Bertz CT molecular complexity index is 550. The molecule has 0 aromatic heterocycles. The number of hydrogen-bond donors (Lipinski definition) is 1. The summed E-state index contributed by atoms with van der Waals surface area (Å²) in [6, 6.07) is 0. The summed E-state index contributed by atoms with van der Waals surface area (Å²) in [5.41, 5.74) is 0. The van der Waals surface area contributed by atoms with Gasteiger partial charge >= 0.3 is 5.97 Å². The molecule has 0 saturated carbocycles. The van der Waals surface area contributed by atoms with E-state index in [0.717, 1.165) is 32.1 Å². The summed E-state index contributed by atoms with van der Waals surface area (Å²) in [5, 5.41) is 3.02. The third-order valence-electron chi connectivity index (χ3n) is 8.65. The van der Waals surface area contributed by atoms with Crippen LogP contribution >= 0.6 is 0 Å². The van der Waals surface area contributed by atoms with Gasteiger partial charge in [-0.05, 0) is 25.7 Å². The van der Waals surface area contributed by atoms with Gasteiger partial charge < -0.3 is 10.1 Å². The van der Waals surface area contributed by atoms with Crippen molar-refractivity contribution < 1.29 is 14.3 Å². The summed E-state index contributed by atoms with van der Waals surface area (Å²) in [6.45, 7) is 5.72. The molecule has 1 amide bonds. The van der Waals surface area contributed by atoms with E-state index in [4.69, 9.17) is 4.74 Å². The number of nitrogens with one attached hydrogen (secondary N) is 1. The van der Waals surface area contributed by atoms with E-state index in [0.29, 0.717) is 26.0 Å². The second kappa shape index (κ2) is 36.1. The average molecular weight is 594 g/mol. The molecule has 0 fully saturated rings. The average Bonchev–Trinajstić information content (AvgIpc) is 2.99. The second-order valence-corrected chi connectivity index (χ2v) is 13.0. The van der Waals surface area contributed by atoms with Gasteiger partial charge in [-0.2, -0.15) is 0 Å². The monoisotopic (exact) mass is 594 g/mol. The van der Waals surface area contributed by atoms with Gasteiger partial charge in [0.15, 0.2) is 0 Å². The van der Waals surface area contributed by atoms with Gasteiger partial charge in [0.2, 0.25) is 5.91 Å². The predicted octanol–water partition coefficient (Wildman–Crippen LogP) is 12.2. The maximum atomic E-state index is 12.0. The van der Waals surface area contributed by atoms with Gasteiger partial charge in [0, 0.05) is 19.4 Å². The molecule has 0 saturated heterocycles. The SMILES string of the molecule is CCCCCCCCCCCCCCCCCC(=O)NCCCCOC(=O)CCCCCCCCCCCCCCC. The van der Waals surface area contributed by atoms with Crippen LogP contribution in [0.2, 0.25) is 0 Å². The Labute approximate surface area is 263 Å². The predicted molar refractivity (Wildman–Crippen MR) is 183 cm³/mol. The highest BCUT2D eigenvalue weighted by Gasteiger charge is 2.04. The van der Waals surface area contributed by atoms with Gasteiger partial charge in [-0.3, -0.25) is 9.59 Å². The molecular formula is C38H75NO3. The molecule has 0 unspecified atom stereocenters. The standard InChI is InChI=1S/C38H75NO3/c1-3-5-7-9-11-13-15-17-18-20-21-23-25-27-29-33-37(40)39-35-31-32-36-42-38(41)34-30-28-26-24-22-19-16-14-12-10-8-6-4-2/h3-36H2,1-2H3,(H,39,40). The van der Waals surface area contributed by atoms with Gasteiger partial charge in [-0.1, -0.05) is 181 Å². The first-order valence-corrected chi connectivity index (χ1v) is 19.1. The highest BCUT2D eigenvalue weighted by molar-refractivity contribution is 5.75. The minimum atomic E-state index is -0.0599. The van der Waals surface area contributed by atoms with E-state index in [2.05, 4.69) is 19.2 Å². The lowest BCUT2D eigenvalue weighted by molar-refractivity contribution is -0.144. The Kier molecular flexibility index (Phi) is 35.2. The first kappa shape index (κ1) is 40.9. The summed E-state index contributed by atoms with van der Waals surface area (Å²) >= 11 is 0. The summed E-state index contributed by atoms with van der Waals surface area (Å²) in [5.74, 6) is 0.111. The van der Waals surface area contributed by atoms with E-state index >= 15 is 0 Å². The summed E-state index contributed by atoms with van der Waals surface area (Å²) < 4.78 is 5.36.